The molecule has 2 aromatic rings. The Hall–Kier alpha value is -2.14. The highest BCUT2D eigenvalue weighted by molar-refractivity contribution is 5.96. The fourth-order valence-electron chi connectivity index (χ4n) is 2.76. The van der Waals surface area contributed by atoms with E-state index in [0.717, 1.165) is 36.7 Å². The normalized spacial score (nSPS) is 15.7. The lowest BCUT2D eigenvalue weighted by Crippen LogP contribution is -2.30. The number of hydrogen-bond acceptors (Lipinski definition) is 5. The van der Waals surface area contributed by atoms with Crippen LogP contribution in [-0.4, -0.2) is 37.8 Å². The summed E-state index contributed by atoms with van der Waals surface area (Å²) in [7, 11) is 1.38. The van der Waals surface area contributed by atoms with Crippen LogP contribution >= 0.6 is 0 Å². The molecule has 0 aliphatic carbocycles. The summed E-state index contributed by atoms with van der Waals surface area (Å²) in [5.41, 5.74) is 0.533. The number of aromatic nitrogens is 1. The molecule has 1 saturated heterocycles. The van der Waals surface area contributed by atoms with Gasteiger partial charge in [0.15, 0.2) is 0 Å². The number of rotatable bonds is 4. The Labute approximate surface area is 129 Å². The highest BCUT2D eigenvalue weighted by Gasteiger charge is 2.15. The number of piperidine rings is 1. The summed E-state index contributed by atoms with van der Waals surface area (Å²) in [6, 6.07) is 7.29. The van der Waals surface area contributed by atoms with Gasteiger partial charge in [-0.15, -0.1) is 0 Å². The number of ether oxygens (including phenoxy) is 2. The summed E-state index contributed by atoms with van der Waals surface area (Å²) in [5, 5.41) is 5.20. The van der Waals surface area contributed by atoms with Crippen molar-refractivity contribution in [2.24, 2.45) is 5.92 Å². The van der Waals surface area contributed by atoms with Gasteiger partial charge in [-0.25, -0.2) is 9.78 Å². The number of fused-ring (bicyclic) bond motifs is 1. The van der Waals surface area contributed by atoms with Crippen molar-refractivity contribution in [2.45, 2.75) is 12.8 Å². The topological polar surface area (TPSA) is 60.5 Å². The zero-order chi connectivity index (χ0) is 15.4. The molecule has 1 aromatic heterocycles. The van der Waals surface area contributed by atoms with Crippen LogP contribution in [-0.2, 0) is 4.74 Å². The maximum absolute atomic E-state index is 11.6. The Balaban J connectivity index is 1.79. The van der Waals surface area contributed by atoms with E-state index in [1.54, 1.807) is 18.3 Å². The van der Waals surface area contributed by atoms with Gasteiger partial charge in [-0.1, -0.05) is 0 Å². The van der Waals surface area contributed by atoms with Crippen molar-refractivity contribution in [1.29, 1.82) is 0 Å². The van der Waals surface area contributed by atoms with Crippen molar-refractivity contribution in [3.05, 3.63) is 36.0 Å². The highest BCUT2D eigenvalue weighted by atomic mass is 16.5. The minimum Gasteiger partial charge on any atom is -0.477 e. The molecule has 0 radical (unpaired) electrons. The molecule has 0 atom stereocenters. The first-order valence-corrected chi connectivity index (χ1v) is 7.58. The van der Waals surface area contributed by atoms with E-state index in [1.807, 2.05) is 12.1 Å². The Kier molecular flexibility index (Phi) is 4.53. The monoisotopic (exact) mass is 300 g/mol. The van der Waals surface area contributed by atoms with Crippen LogP contribution in [0.3, 0.4) is 0 Å². The van der Waals surface area contributed by atoms with E-state index in [1.165, 1.54) is 7.11 Å². The van der Waals surface area contributed by atoms with Crippen molar-refractivity contribution in [2.75, 3.05) is 26.8 Å². The fourth-order valence-corrected chi connectivity index (χ4v) is 2.76. The first kappa shape index (κ1) is 14.8. The molecule has 0 spiro atoms. The number of carbonyl (C=O) groups is 1. The molecule has 22 heavy (non-hydrogen) atoms. The van der Waals surface area contributed by atoms with Crippen molar-refractivity contribution in [3.63, 3.8) is 0 Å². The second kappa shape index (κ2) is 6.75. The molecule has 1 fully saturated rings. The van der Waals surface area contributed by atoms with Gasteiger partial charge >= 0.3 is 5.97 Å². The zero-order valence-electron chi connectivity index (χ0n) is 12.7. The molecule has 0 amide bonds. The van der Waals surface area contributed by atoms with Crippen LogP contribution in [0.4, 0.5) is 0 Å². The molecular formula is C17H20N2O3. The summed E-state index contributed by atoms with van der Waals surface area (Å²) in [5.74, 6) is 0.871. The maximum Gasteiger partial charge on any atom is 0.337 e. The summed E-state index contributed by atoms with van der Waals surface area (Å²) in [6.45, 7) is 2.80. The van der Waals surface area contributed by atoms with Crippen LogP contribution in [0.15, 0.2) is 30.5 Å². The number of carbonyl (C=O) groups excluding carboxylic acids is 1. The van der Waals surface area contributed by atoms with E-state index >= 15 is 0 Å². The maximum atomic E-state index is 11.6. The average molecular weight is 300 g/mol. The lowest BCUT2D eigenvalue weighted by Gasteiger charge is -2.22. The SMILES string of the molecule is COC(=O)c1ccc2c(OCC3CCNCC3)nccc2c1. The van der Waals surface area contributed by atoms with Gasteiger partial charge in [0.25, 0.3) is 0 Å². The third-order valence-corrected chi connectivity index (χ3v) is 4.06. The van der Waals surface area contributed by atoms with Crippen LogP contribution < -0.4 is 10.1 Å². The summed E-state index contributed by atoms with van der Waals surface area (Å²) in [4.78, 5) is 15.9. The first-order valence-electron chi connectivity index (χ1n) is 7.58. The van der Waals surface area contributed by atoms with Crippen LogP contribution in [0.5, 0.6) is 5.88 Å². The predicted octanol–water partition coefficient (Wildman–Crippen LogP) is 2.40. The van der Waals surface area contributed by atoms with Gasteiger partial charge < -0.3 is 14.8 Å². The number of esters is 1. The summed E-state index contributed by atoms with van der Waals surface area (Å²) < 4.78 is 10.7. The Bertz CT molecular complexity index is 666. The molecule has 116 valence electrons. The van der Waals surface area contributed by atoms with E-state index in [-0.39, 0.29) is 5.97 Å². The molecule has 3 rings (SSSR count). The highest BCUT2D eigenvalue weighted by Crippen LogP contribution is 2.25. The molecule has 1 aliphatic rings. The van der Waals surface area contributed by atoms with Gasteiger partial charge in [0.2, 0.25) is 5.88 Å². The second-order valence-electron chi connectivity index (χ2n) is 5.55. The number of nitrogens with zero attached hydrogens (tertiary/aromatic N) is 1. The number of benzene rings is 1. The Morgan fingerprint density at radius 3 is 2.91 bits per heavy atom. The van der Waals surface area contributed by atoms with Gasteiger partial charge in [-0.2, -0.15) is 0 Å². The van der Waals surface area contributed by atoms with Crippen molar-refractivity contribution in [1.82, 2.24) is 10.3 Å². The van der Waals surface area contributed by atoms with Gasteiger partial charge in [0.05, 0.1) is 19.3 Å². The van der Waals surface area contributed by atoms with Crippen LogP contribution in [0.1, 0.15) is 23.2 Å². The van der Waals surface area contributed by atoms with Crippen molar-refractivity contribution < 1.29 is 14.3 Å². The molecule has 0 bridgehead atoms. The van der Waals surface area contributed by atoms with E-state index < -0.39 is 0 Å². The molecule has 2 heterocycles. The lowest BCUT2D eigenvalue weighted by atomic mass is 9.99. The zero-order valence-corrected chi connectivity index (χ0v) is 12.7. The molecule has 0 saturated carbocycles. The Morgan fingerprint density at radius 2 is 2.14 bits per heavy atom. The fraction of sp³-hybridized carbons (Fsp3) is 0.412. The van der Waals surface area contributed by atoms with E-state index in [4.69, 9.17) is 9.47 Å². The molecule has 5 nitrogen and oxygen atoms in total. The summed E-state index contributed by atoms with van der Waals surface area (Å²) >= 11 is 0. The molecule has 1 aromatic carbocycles. The van der Waals surface area contributed by atoms with E-state index in [9.17, 15) is 4.79 Å². The third kappa shape index (κ3) is 3.20. The minimum absolute atomic E-state index is 0.337. The average Bonchev–Trinajstić information content (AvgIpc) is 2.59. The van der Waals surface area contributed by atoms with Crippen molar-refractivity contribution >= 4 is 16.7 Å². The largest absolute Gasteiger partial charge is 0.477 e. The van der Waals surface area contributed by atoms with Crippen LogP contribution in [0, 0.1) is 5.92 Å². The number of methoxy groups -OCH3 is 1. The summed E-state index contributed by atoms with van der Waals surface area (Å²) in [6.07, 6.45) is 3.98. The van der Waals surface area contributed by atoms with Gasteiger partial charge in [0.1, 0.15) is 0 Å². The van der Waals surface area contributed by atoms with Crippen LogP contribution in [0.25, 0.3) is 10.8 Å². The molecule has 5 heteroatoms. The third-order valence-electron chi connectivity index (χ3n) is 4.06. The van der Waals surface area contributed by atoms with E-state index in [2.05, 4.69) is 10.3 Å². The number of hydrogen-bond donors (Lipinski definition) is 1. The standard InChI is InChI=1S/C17H20N2O3/c1-21-17(20)14-2-3-15-13(10-14)6-9-19-16(15)22-11-12-4-7-18-8-5-12/h2-3,6,9-10,12,18H,4-5,7-8,11H2,1H3. The number of pyridine rings is 1. The van der Waals surface area contributed by atoms with Gasteiger partial charge in [-0.3, -0.25) is 0 Å². The minimum atomic E-state index is -0.337. The van der Waals surface area contributed by atoms with Crippen molar-refractivity contribution in [3.8, 4) is 5.88 Å². The van der Waals surface area contributed by atoms with E-state index in [0.29, 0.717) is 24.0 Å². The van der Waals surface area contributed by atoms with Gasteiger partial charge in [-0.05, 0) is 61.5 Å². The smallest absolute Gasteiger partial charge is 0.337 e. The van der Waals surface area contributed by atoms with Gasteiger partial charge in [0, 0.05) is 11.6 Å². The number of nitrogens with one attached hydrogen (secondary N) is 1. The van der Waals surface area contributed by atoms with Crippen LogP contribution in [0.2, 0.25) is 0 Å². The molecular weight excluding hydrogens is 280 g/mol. The molecule has 1 aliphatic heterocycles. The first-order chi connectivity index (χ1) is 10.8. The molecule has 1 N–H and O–H groups in total. The lowest BCUT2D eigenvalue weighted by molar-refractivity contribution is 0.0601. The quantitative estimate of drug-likeness (QED) is 0.879. The predicted molar refractivity (Wildman–Crippen MR) is 84.2 cm³/mol. The Morgan fingerprint density at radius 1 is 1.32 bits per heavy atom. The molecule has 0 unspecified atom stereocenters. The second-order valence-corrected chi connectivity index (χ2v) is 5.55.